The van der Waals surface area contributed by atoms with E-state index in [-0.39, 0.29) is 6.10 Å². The molecule has 4 nitrogen and oxygen atoms in total. The number of aliphatic hydroxyl groups excluding tert-OH is 1. The minimum absolute atomic E-state index is 0.123. The van der Waals surface area contributed by atoms with Gasteiger partial charge in [-0.2, -0.15) is 4.98 Å². The van der Waals surface area contributed by atoms with E-state index in [0.717, 1.165) is 37.4 Å². The average molecular weight is 250 g/mol. The maximum Gasteiger partial charge on any atom is 0.229 e. The third-order valence-corrected chi connectivity index (χ3v) is 4.47. The fourth-order valence-electron chi connectivity index (χ4n) is 3.26. The zero-order chi connectivity index (χ0) is 12.4. The minimum Gasteiger partial charge on any atom is -0.393 e. The second kappa shape index (κ2) is 5.39. The third-order valence-electron chi connectivity index (χ3n) is 4.47. The van der Waals surface area contributed by atoms with Crippen LogP contribution in [0.25, 0.3) is 0 Å². The Morgan fingerprint density at radius 1 is 0.889 bits per heavy atom. The fraction of sp³-hybridized carbons (Fsp3) is 0.857. The molecule has 2 fully saturated rings. The standard InChI is InChI=1S/C14H22N2O2/c17-12-8-6-11(7-9-12)14-15-13(16-18-14)10-4-2-1-3-5-10/h10-12,17H,1-9H2. The summed E-state index contributed by atoms with van der Waals surface area (Å²) in [7, 11) is 0. The molecule has 2 aliphatic rings. The predicted molar refractivity (Wildman–Crippen MR) is 67.3 cm³/mol. The van der Waals surface area contributed by atoms with E-state index in [4.69, 9.17) is 4.52 Å². The maximum absolute atomic E-state index is 9.52. The summed E-state index contributed by atoms with van der Waals surface area (Å²) >= 11 is 0. The first kappa shape index (κ1) is 12.2. The van der Waals surface area contributed by atoms with Gasteiger partial charge in [0.15, 0.2) is 5.82 Å². The van der Waals surface area contributed by atoms with Gasteiger partial charge in [-0.05, 0) is 38.5 Å². The smallest absolute Gasteiger partial charge is 0.229 e. The molecule has 0 atom stereocenters. The van der Waals surface area contributed by atoms with Crippen LogP contribution >= 0.6 is 0 Å². The van der Waals surface area contributed by atoms with Crippen LogP contribution in [-0.4, -0.2) is 21.4 Å². The molecule has 0 radical (unpaired) electrons. The molecule has 100 valence electrons. The van der Waals surface area contributed by atoms with Gasteiger partial charge in [0.1, 0.15) is 0 Å². The fourth-order valence-corrected chi connectivity index (χ4v) is 3.26. The van der Waals surface area contributed by atoms with Crippen molar-refractivity contribution in [2.24, 2.45) is 0 Å². The average Bonchev–Trinajstić information content (AvgIpc) is 2.90. The molecule has 0 bridgehead atoms. The molecule has 18 heavy (non-hydrogen) atoms. The van der Waals surface area contributed by atoms with E-state index in [1.807, 2.05) is 0 Å². The van der Waals surface area contributed by atoms with Crippen LogP contribution in [0, 0.1) is 0 Å². The summed E-state index contributed by atoms with van der Waals surface area (Å²) in [5.41, 5.74) is 0. The van der Waals surface area contributed by atoms with Gasteiger partial charge in [0, 0.05) is 11.8 Å². The van der Waals surface area contributed by atoms with Crippen molar-refractivity contribution in [2.75, 3.05) is 0 Å². The normalized spacial score (nSPS) is 30.5. The molecule has 1 heterocycles. The Labute approximate surface area is 108 Å². The number of hydrogen-bond donors (Lipinski definition) is 1. The topological polar surface area (TPSA) is 59.2 Å². The minimum atomic E-state index is -0.123. The molecule has 4 heteroatoms. The highest BCUT2D eigenvalue weighted by atomic mass is 16.5. The second-order valence-electron chi connectivity index (χ2n) is 5.83. The zero-order valence-corrected chi connectivity index (χ0v) is 10.8. The van der Waals surface area contributed by atoms with Crippen molar-refractivity contribution in [3.05, 3.63) is 11.7 Å². The molecule has 0 unspecified atom stereocenters. The van der Waals surface area contributed by atoms with E-state index in [9.17, 15) is 5.11 Å². The molecule has 2 saturated carbocycles. The molecule has 0 aromatic carbocycles. The van der Waals surface area contributed by atoms with Crippen molar-refractivity contribution in [3.63, 3.8) is 0 Å². The predicted octanol–water partition coefficient (Wildman–Crippen LogP) is 3.14. The summed E-state index contributed by atoms with van der Waals surface area (Å²) in [6.45, 7) is 0. The lowest BCUT2D eigenvalue weighted by Gasteiger charge is -2.22. The van der Waals surface area contributed by atoms with Gasteiger partial charge in [0.05, 0.1) is 6.10 Å². The summed E-state index contributed by atoms with van der Waals surface area (Å²) < 4.78 is 5.45. The number of hydrogen-bond acceptors (Lipinski definition) is 4. The molecular formula is C14H22N2O2. The van der Waals surface area contributed by atoms with Gasteiger partial charge in [-0.25, -0.2) is 0 Å². The van der Waals surface area contributed by atoms with Gasteiger partial charge in [-0.1, -0.05) is 24.4 Å². The number of nitrogens with zero attached hydrogens (tertiary/aromatic N) is 2. The van der Waals surface area contributed by atoms with Crippen LogP contribution in [0.4, 0.5) is 0 Å². The van der Waals surface area contributed by atoms with Crippen LogP contribution in [0.3, 0.4) is 0 Å². The van der Waals surface area contributed by atoms with Crippen molar-refractivity contribution < 1.29 is 9.63 Å². The molecular weight excluding hydrogens is 228 g/mol. The Bertz CT molecular complexity index is 377. The van der Waals surface area contributed by atoms with Crippen molar-refractivity contribution in [2.45, 2.75) is 75.7 Å². The molecule has 1 N–H and O–H groups in total. The van der Waals surface area contributed by atoms with Crippen LogP contribution in [0.5, 0.6) is 0 Å². The summed E-state index contributed by atoms with van der Waals surface area (Å²) in [4.78, 5) is 4.62. The van der Waals surface area contributed by atoms with Gasteiger partial charge in [0.2, 0.25) is 5.89 Å². The monoisotopic (exact) mass is 250 g/mol. The van der Waals surface area contributed by atoms with Crippen molar-refractivity contribution in [1.29, 1.82) is 0 Å². The molecule has 0 amide bonds. The van der Waals surface area contributed by atoms with Crippen molar-refractivity contribution in [3.8, 4) is 0 Å². The lowest BCUT2D eigenvalue weighted by molar-refractivity contribution is 0.116. The lowest BCUT2D eigenvalue weighted by atomic mass is 9.87. The Morgan fingerprint density at radius 2 is 1.61 bits per heavy atom. The Kier molecular flexibility index (Phi) is 3.64. The summed E-state index contributed by atoms with van der Waals surface area (Å²) in [5, 5.41) is 13.7. The highest BCUT2D eigenvalue weighted by Gasteiger charge is 2.27. The molecule has 3 rings (SSSR count). The third kappa shape index (κ3) is 2.58. The van der Waals surface area contributed by atoms with E-state index in [1.165, 1.54) is 32.1 Å². The van der Waals surface area contributed by atoms with Crippen molar-refractivity contribution in [1.82, 2.24) is 10.1 Å². The quantitative estimate of drug-likeness (QED) is 0.876. The zero-order valence-electron chi connectivity index (χ0n) is 10.8. The Hall–Kier alpha value is -0.900. The first-order valence-electron chi connectivity index (χ1n) is 7.34. The van der Waals surface area contributed by atoms with E-state index in [0.29, 0.717) is 11.8 Å². The van der Waals surface area contributed by atoms with Gasteiger partial charge in [0.25, 0.3) is 0 Å². The summed E-state index contributed by atoms with van der Waals surface area (Å²) in [6, 6.07) is 0. The van der Waals surface area contributed by atoms with E-state index < -0.39 is 0 Å². The van der Waals surface area contributed by atoms with E-state index >= 15 is 0 Å². The number of rotatable bonds is 2. The van der Waals surface area contributed by atoms with Crippen LogP contribution in [0.15, 0.2) is 4.52 Å². The lowest BCUT2D eigenvalue weighted by Crippen LogP contribution is -2.17. The maximum atomic E-state index is 9.52. The van der Waals surface area contributed by atoms with Gasteiger partial charge in [-0.3, -0.25) is 0 Å². The second-order valence-corrected chi connectivity index (χ2v) is 5.83. The van der Waals surface area contributed by atoms with E-state index in [2.05, 4.69) is 10.1 Å². The van der Waals surface area contributed by atoms with E-state index in [1.54, 1.807) is 0 Å². The molecule has 2 aliphatic carbocycles. The molecule has 0 spiro atoms. The number of aliphatic hydroxyl groups is 1. The number of aromatic nitrogens is 2. The van der Waals surface area contributed by atoms with Gasteiger partial charge < -0.3 is 9.63 Å². The Balaban J connectivity index is 1.65. The van der Waals surface area contributed by atoms with Gasteiger partial charge >= 0.3 is 0 Å². The molecule has 1 aromatic heterocycles. The summed E-state index contributed by atoms with van der Waals surface area (Å²) in [5.74, 6) is 2.63. The van der Waals surface area contributed by atoms with Crippen LogP contribution < -0.4 is 0 Å². The highest BCUT2D eigenvalue weighted by Crippen LogP contribution is 2.35. The molecule has 1 aromatic rings. The van der Waals surface area contributed by atoms with Crippen LogP contribution in [-0.2, 0) is 0 Å². The SMILES string of the molecule is OC1CCC(c2nc(C3CCCCC3)no2)CC1. The van der Waals surface area contributed by atoms with Crippen LogP contribution in [0.1, 0.15) is 81.3 Å². The molecule has 0 aliphatic heterocycles. The van der Waals surface area contributed by atoms with Gasteiger partial charge in [-0.15, -0.1) is 0 Å². The van der Waals surface area contributed by atoms with Crippen LogP contribution in [0.2, 0.25) is 0 Å². The summed E-state index contributed by atoms with van der Waals surface area (Å²) in [6.07, 6.45) is 9.93. The largest absolute Gasteiger partial charge is 0.393 e. The highest BCUT2D eigenvalue weighted by molar-refractivity contribution is 5.01. The molecule has 0 saturated heterocycles. The first-order chi connectivity index (χ1) is 8.83. The Morgan fingerprint density at radius 3 is 2.33 bits per heavy atom. The van der Waals surface area contributed by atoms with Crippen molar-refractivity contribution >= 4 is 0 Å². The first-order valence-corrected chi connectivity index (χ1v) is 7.34.